The zero-order valence-electron chi connectivity index (χ0n) is 11.6. The summed E-state index contributed by atoms with van der Waals surface area (Å²) in [5.41, 5.74) is 3.31. The fraction of sp³-hybridized carbons (Fsp3) is 0.353. The standard InChI is InChI=1S/C17H19FN2/c1-12-6-8-19-10-15(12)13-7-9-20-11-16(13)14-4-2-3-5-17(14)18/h2-6,8,10,13,16,20H,7,9,11H2,1H3. The van der Waals surface area contributed by atoms with Crippen LogP contribution in [0.15, 0.2) is 42.7 Å². The van der Waals surface area contributed by atoms with E-state index in [9.17, 15) is 4.39 Å². The summed E-state index contributed by atoms with van der Waals surface area (Å²) in [5, 5.41) is 3.39. The lowest BCUT2D eigenvalue weighted by Gasteiger charge is -2.33. The average molecular weight is 270 g/mol. The number of benzene rings is 1. The maximum atomic E-state index is 14.1. The van der Waals surface area contributed by atoms with Crippen LogP contribution in [0, 0.1) is 12.7 Å². The molecule has 0 aliphatic carbocycles. The molecule has 1 saturated heterocycles. The van der Waals surface area contributed by atoms with Gasteiger partial charge in [-0.05, 0) is 54.6 Å². The third kappa shape index (κ3) is 2.46. The minimum Gasteiger partial charge on any atom is -0.316 e. The largest absolute Gasteiger partial charge is 0.316 e. The van der Waals surface area contributed by atoms with Crippen molar-refractivity contribution in [3.8, 4) is 0 Å². The van der Waals surface area contributed by atoms with Crippen molar-refractivity contribution in [3.63, 3.8) is 0 Å². The second-order valence-electron chi connectivity index (χ2n) is 5.46. The van der Waals surface area contributed by atoms with Gasteiger partial charge in [-0.25, -0.2) is 4.39 Å². The molecular formula is C17H19FN2. The van der Waals surface area contributed by atoms with Crippen LogP contribution in [0.5, 0.6) is 0 Å². The molecule has 104 valence electrons. The van der Waals surface area contributed by atoms with Crippen LogP contribution in [0.2, 0.25) is 0 Å². The van der Waals surface area contributed by atoms with Crippen molar-refractivity contribution in [2.45, 2.75) is 25.2 Å². The van der Waals surface area contributed by atoms with Crippen LogP contribution in [-0.4, -0.2) is 18.1 Å². The number of piperidine rings is 1. The van der Waals surface area contributed by atoms with Crippen molar-refractivity contribution in [2.75, 3.05) is 13.1 Å². The van der Waals surface area contributed by atoms with E-state index in [1.165, 1.54) is 11.1 Å². The number of aryl methyl sites for hydroxylation is 1. The molecule has 1 aliphatic heterocycles. The van der Waals surface area contributed by atoms with E-state index in [2.05, 4.69) is 17.2 Å². The molecule has 2 nitrogen and oxygen atoms in total. The molecule has 1 N–H and O–H groups in total. The highest BCUT2D eigenvalue weighted by atomic mass is 19.1. The molecule has 1 aliphatic rings. The number of aromatic nitrogens is 1. The SMILES string of the molecule is Cc1ccncc1C1CCNCC1c1ccccc1F. The summed E-state index contributed by atoms with van der Waals surface area (Å²) in [7, 11) is 0. The van der Waals surface area contributed by atoms with Crippen LogP contribution in [0.4, 0.5) is 4.39 Å². The van der Waals surface area contributed by atoms with Gasteiger partial charge in [0.1, 0.15) is 5.82 Å². The van der Waals surface area contributed by atoms with Crippen molar-refractivity contribution in [1.82, 2.24) is 10.3 Å². The lowest BCUT2D eigenvalue weighted by Crippen LogP contribution is -2.34. The van der Waals surface area contributed by atoms with Gasteiger partial charge in [-0.1, -0.05) is 18.2 Å². The van der Waals surface area contributed by atoms with Crippen LogP contribution in [0.1, 0.15) is 34.9 Å². The molecular weight excluding hydrogens is 251 g/mol. The molecule has 1 fully saturated rings. The number of nitrogens with one attached hydrogen (secondary N) is 1. The summed E-state index contributed by atoms with van der Waals surface area (Å²) in [5.74, 6) is 0.405. The third-order valence-electron chi connectivity index (χ3n) is 4.27. The van der Waals surface area contributed by atoms with Gasteiger partial charge in [0.25, 0.3) is 0 Å². The van der Waals surface area contributed by atoms with E-state index in [-0.39, 0.29) is 11.7 Å². The summed E-state index contributed by atoms with van der Waals surface area (Å²) in [4.78, 5) is 4.26. The van der Waals surface area contributed by atoms with E-state index >= 15 is 0 Å². The predicted octanol–water partition coefficient (Wildman–Crippen LogP) is 3.39. The first-order valence-corrected chi connectivity index (χ1v) is 7.13. The van der Waals surface area contributed by atoms with Crippen LogP contribution in [-0.2, 0) is 0 Å². The Hall–Kier alpha value is -1.74. The number of hydrogen-bond acceptors (Lipinski definition) is 2. The summed E-state index contributed by atoms with van der Waals surface area (Å²) in [6.45, 7) is 3.90. The number of hydrogen-bond donors (Lipinski definition) is 1. The maximum absolute atomic E-state index is 14.1. The van der Waals surface area contributed by atoms with E-state index in [1.807, 2.05) is 30.6 Å². The Morgan fingerprint density at radius 1 is 1.15 bits per heavy atom. The maximum Gasteiger partial charge on any atom is 0.126 e. The van der Waals surface area contributed by atoms with Gasteiger partial charge in [-0.3, -0.25) is 4.98 Å². The van der Waals surface area contributed by atoms with Gasteiger partial charge in [0.15, 0.2) is 0 Å². The summed E-state index contributed by atoms with van der Waals surface area (Å²) in [6, 6.07) is 9.16. The Morgan fingerprint density at radius 2 is 2.00 bits per heavy atom. The van der Waals surface area contributed by atoms with E-state index in [0.29, 0.717) is 5.92 Å². The fourth-order valence-corrected chi connectivity index (χ4v) is 3.20. The summed E-state index contributed by atoms with van der Waals surface area (Å²) < 4.78 is 14.1. The van der Waals surface area contributed by atoms with Gasteiger partial charge in [-0.15, -0.1) is 0 Å². The van der Waals surface area contributed by atoms with Gasteiger partial charge < -0.3 is 5.32 Å². The third-order valence-corrected chi connectivity index (χ3v) is 4.27. The summed E-state index contributed by atoms with van der Waals surface area (Å²) >= 11 is 0. The van der Waals surface area contributed by atoms with Crippen LogP contribution in [0.25, 0.3) is 0 Å². The molecule has 2 unspecified atom stereocenters. The van der Waals surface area contributed by atoms with E-state index in [0.717, 1.165) is 25.1 Å². The van der Waals surface area contributed by atoms with Crippen molar-refractivity contribution < 1.29 is 4.39 Å². The smallest absolute Gasteiger partial charge is 0.126 e. The first kappa shape index (κ1) is 13.3. The quantitative estimate of drug-likeness (QED) is 0.904. The van der Waals surface area contributed by atoms with Crippen molar-refractivity contribution in [2.24, 2.45) is 0 Å². The minimum absolute atomic E-state index is 0.104. The van der Waals surface area contributed by atoms with E-state index < -0.39 is 0 Å². The second kappa shape index (κ2) is 5.71. The summed E-state index contributed by atoms with van der Waals surface area (Å²) in [6.07, 6.45) is 4.78. The van der Waals surface area contributed by atoms with E-state index in [1.54, 1.807) is 12.1 Å². The Balaban J connectivity index is 2.00. The number of nitrogens with zero attached hydrogens (tertiary/aromatic N) is 1. The van der Waals surface area contributed by atoms with Gasteiger partial charge in [0.2, 0.25) is 0 Å². The zero-order valence-corrected chi connectivity index (χ0v) is 11.6. The van der Waals surface area contributed by atoms with Crippen molar-refractivity contribution in [1.29, 1.82) is 0 Å². The average Bonchev–Trinajstić information content (AvgIpc) is 2.48. The first-order chi connectivity index (χ1) is 9.77. The molecule has 1 aromatic carbocycles. The molecule has 2 atom stereocenters. The second-order valence-corrected chi connectivity index (χ2v) is 5.46. The molecule has 0 saturated carbocycles. The van der Waals surface area contributed by atoms with Crippen molar-refractivity contribution >= 4 is 0 Å². The Labute approximate surface area is 119 Å². The van der Waals surface area contributed by atoms with Crippen LogP contribution >= 0.6 is 0 Å². The number of rotatable bonds is 2. The van der Waals surface area contributed by atoms with Crippen molar-refractivity contribution in [3.05, 3.63) is 65.2 Å². The highest BCUT2D eigenvalue weighted by Gasteiger charge is 2.30. The van der Waals surface area contributed by atoms with Gasteiger partial charge in [-0.2, -0.15) is 0 Å². The van der Waals surface area contributed by atoms with E-state index in [4.69, 9.17) is 0 Å². The normalized spacial score (nSPS) is 22.7. The number of pyridine rings is 1. The number of halogens is 1. The van der Waals surface area contributed by atoms with Crippen LogP contribution < -0.4 is 5.32 Å². The zero-order chi connectivity index (χ0) is 13.9. The molecule has 0 radical (unpaired) electrons. The molecule has 3 rings (SSSR count). The lowest BCUT2D eigenvalue weighted by molar-refractivity contribution is 0.392. The van der Waals surface area contributed by atoms with Gasteiger partial charge >= 0.3 is 0 Å². The lowest BCUT2D eigenvalue weighted by atomic mass is 9.76. The molecule has 1 aromatic heterocycles. The Kier molecular flexibility index (Phi) is 3.79. The Morgan fingerprint density at radius 3 is 2.80 bits per heavy atom. The topological polar surface area (TPSA) is 24.9 Å². The molecule has 20 heavy (non-hydrogen) atoms. The van der Waals surface area contributed by atoms with Gasteiger partial charge in [0.05, 0.1) is 0 Å². The highest BCUT2D eigenvalue weighted by molar-refractivity contribution is 5.33. The van der Waals surface area contributed by atoms with Gasteiger partial charge in [0, 0.05) is 24.9 Å². The molecule has 2 aromatic rings. The Bertz CT molecular complexity index is 544. The minimum atomic E-state index is -0.104. The monoisotopic (exact) mass is 270 g/mol. The first-order valence-electron chi connectivity index (χ1n) is 7.13. The molecule has 3 heteroatoms. The van der Waals surface area contributed by atoms with Crippen LogP contribution in [0.3, 0.4) is 0 Å². The molecule has 2 heterocycles. The highest BCUT2D eigenvalue weighted by Crippen LogP contribution is 2.39. The molecule has 0 spiro atoms. The fourth-order valence-electron chi connectivity index (χ4n) is 3.20. The molecule has 0 amide bonds. The molecule has 0 bridgehead atoms. The predicted molar refractivity (Wildman–Crippen MR) is 78.3 cm³/mol.